The quantitative estimate of drug-likeness (QED) is 0.758. The Hall–Kier alpha value is -0.840. The topological polar surface area (TPSA) is 32.8 Å². The Morgan fingerprint density at radius 2 is 2.00 bits per heavy atom. The highest BCUT2D eigenvalue weighted by Gasteiger charge is 2.35. The van der Waals surface area contributed by atoms with Gasteiger partial charge in [0.15, 0.2) is 0 Å². The highest BCUT2D eigenvalue weighted by atomic mass is 19.1. The number of hydrogen-bond acceptors (Lipinski definition) is 3. The second-order valence-corrected chi connectivity index (χ2v) is 6.40. The van der Waals surface area contributed by atoms with Crippen molar-refractivity contribution in [2.24, 2.45) is 5.92 Å². The lowest BCUT2D eigenvalue weighted by molar-refractivity contribution is -0.00551. The summed E-state index contributed by atoms with van der Waals surface area (Å²) in [6, 6.07) is 0. The SMILES string of the molecule is CC(C)(C)OC(=O)N1CC(CN2CCC(F)C2)C1. The first-order valence-corrected chi connectivity index (χ1v) is 6.68. The molecule has 2 heterocycles. The molecule has 0 aliphatic carbocycles. The van der Waals surface area contributed by atoms with Crippen molar-refractivity contribution in [1.82, 2.24) is 9.80 Å². The van der Waals surface area contributed by atoms with Crippen LogP contribution in [0.15, 0.2) is 0 Å². The second-order valence-electron chi connectivity index (χ2n) is 6.40. The van der Waals surface area contributed by atoms with Crippen LogP contribution in [-0.4, -0.2) is 60.4 Å². The van der Waals surface area contributed by atoms with Crippen LogP contribution >= 0.6 is 0 Å². The molecule has 18 heavy (non-hydrogen) atoms. The van der Waals surface area contributed by atoms with Crippen molar-refractivity contribution in [2.45, 2.75) is 39.0 Å². The van der Waals surface area contributed by atoms with Crippen LogP contribution in [-0.2, 0) is 4.74 Å². The standard InChI is InChI=1S/C13H23FN2O2/c1-13(2,3)18-12(17)16-7-10(8-16)6-15-5-4-11(14)9-15/h10-11H,4-9H2,1-3H3. The Labute approximate surface area is 108 Å². The highest BCUT2D eigenvalue weighted by molar-refractivity contribution is 5.69. The summed E-state index contributed by atoms with van der Waals surface area (Å²) < 4.78 is 18.3. The van der Waals surface area contributed by atoms with Crippen molar-refractivity contribution in [3.05, 3.63) is 0 Å². The summed E-state index contributed by atoms with van der Waals surface area (Å²) in [6.07, 6.45) is -0.238. The number of carbonyl (C=O) groups is 1. The molecule has 1 amide bonds. The first-order valence-electron chi connectivity index (χ1n) is 6.68. The molecule has 1 unspecified atom stereocenters. The Morgan fingerprint density at radius 1 is 1.33 bits per heavy atom. The van der Waals surface area contributed by atoms with Gasteiger partial charge in [-0.15, -0.1) is 0 Å². The van der Waals surface area contributed by atoms with E-state index in [9.17, 15) is 9.18 Å². The molecule has 0 spiro atoms. The molecule has 0 aromatic rings. The molecule has 0 aromatic heterocycles. The van der Waals surface area contributed by atoms with Crippen molar-refractivity contribution in [2.75, 3.05) is 32.7 Å². The lowest BCUT2D eigenvalue weighted by Crippen LogP contribution is -2.54. The van der Waals surface area contributed by atoms with Crippen molar-refractivity contribution >= 4 is 6.09 Å². The van der Waals surface area contributed by atoms with Gasteiger partial charge in [0.25, 0.3) is 0 Å². The molecule has 0 N–H and O–H groups in total. The van der Waals surface area contributed by atoms with Crippen molar-refractivity contribution in [1.29, 1.82) is 0 Å². The van der Waals surface area contributed by atoms with Gasteiger partial charge in [-0.05, 0) is 27.2 Å². The highest BCUT2D eigenvalue weighted by Crippen LogP contribution is 2.22. The van der Waals surface area contributed by atoms with Gasteiger partial charge < -0.3 is 9.64 Å². The summed E-state index contributed by atoms with van der Waals surface area (Å²) in [4.78, 5) is 15.6. The van der Waals surface area contributed by atoms with Gasteiger partial charge in [-0.2, -0.15) is 0 Å². The predicted molar refractivity (Wildman–Crippen MR) is 67.3 cm³/mol. The van der Waals surface area contributed by atoms with Gasteiger partial charge in [0, 0.05) is 38.6 Å². The Balaban J connectivity index is 1.66. The maximum atomic E-state index is 13.0. The van der Waals surface area contributed by atoms with Crippen LogP contribution in [0.25, 0.3) is 0 Å². The van der Waals surface area contributed by atoms with Gasteiger partial charge in [0.05, 0.1) is 0 Å². The van der Waals surface area contributed by atoms with E-state index in [4.69, 9.17) is 4.74 Å². The van der Waals surface area contributed by atoms with Crippen LogP contribution in [0.4, 0.5) is 9.18 Å². The number of alkyl halides is 1. The number of halogens is 1. The van der Waals surface area contributed by atoms with E-state index in [-0.39, 0.29) is 6.09 Å². The number of rotatable bonds is 2. The third-order valence-electron chi connectivity index (χ3n) is 3.34. The first kappa shape index (κ1) is 13.6. The molecule has 104 valence electrons. The second kappa shape index (κ2) is 5.03. The average Bonchev–Trinajstić information content (AvgIpc) is 2.53. The third kappa shape index (κ3) is 3.57. The fourth-order valence-corrected chi connectivity index (χ4v) is 2.48. The summed E-state index contributed by atoms with van der Waals surface area (Å²) in [5.74, 6) is 0.475. The van der Waals surface area contributed by atoms with Crippen LogP contribution in [0.2, 0.25) is 0 Å². The lowest BCUT2D eigenvalue weighted by Gasteiger charge is -2.41. The predicted octanol–water partition coefficient (Wildman–Crippen LogP) is 1.90. The maximum Gasteiger partial charge on any atom is 0.410 e. The van der Waals surface area contributed by atoms with Gasteiger partial charge in [0.1, 0.15) is 11.8 Å². The van der Waals surface area contributed by atoms with E-state index in [1.807, 2.05) is 20.8 Å². The molecule has 0 bridgehead atoms. The minimum Gasteiger partial charge on any atom is -0.444 e. The van der Waals surface area contributed by atoms with E-state index in [2.05, 4.69) is 4.90 Å². The molecular weight excluding hydrogens is 235 g/mol. The minimum absolute atomic E-state index is 0.233. The number of nitrogens with zero attached hydrogens (tertiary/aromatic N) is 2. The van der Waals surface area contributed by atoms with Crippen LogP contribution in [0.5, 0.6) is 0 Å². The van der Waals surface area contributed by atoms with Gasteiger partial charge in [0.2, 0.25) is 0 Å². The first-order chi connectivity index (χ1) is 8.33. The molecule has 1 atom stereocenters. The summed E-state index contributed by atoms with van der Waals surface area (Å²) in [5.41, 5.74) is -0.432. The van der Waals surface area contributed by atoms with E-state index in [0.717, 1.165) is 26.2 Å². The van der Waals surface area contributed by atoms with E-state index >= 15 is 0 Å². The Kier molecular flexibility index (Phi) is 3.80. The average molecular weight is 258 g/mol. The number of amides is 1. The van der Waals surface area contributed by atoms with Gasteiger partial charge in [-0.3, -0.25) is 4.90 Å². The van der Waals surface area contributed by atoms with E-state index in [0.29, 0.717) is 18.9 Å². The van der Waals surface area contributed by atoms with Gasteiger partial charge in [-0.1, -0.05) is 0 Å². The molecule has 2 fully saturated rings. The third-order valence-corrected chi connectivity index (χ3v) is 3.34. The summed E-state index contributed by atoms with van der Waals surface area (Å²) >= 11 is 0. The van der Waals surface area contributed by atoms with Gasteiger partial charge in [-0.25, -0.2) is 9.18 Å². The maximum absolute atomic E-state index is 13.0. The zero-order chi connectivity index (χ0) is 13.3. The van der Waals surface area contributed by atoms with Gasteiger partial charge >= 0.3 is 6.09 Å². The number of carbonyl (C=O) groups excluding carboxylic acids is 1. The number of ether oxygens (including phenoxy) is 1. The zero-order valence-electron chi connectivity index (χ0n) is 11.5. The molecule has 0 saturated carbocycles. The molecule has 2 saturated heterocycles. The fourth-order valence-electron chi connectivity index (χ4n) is 2.48. The minimum atomic E-state index is -0.660. The van der Waals surface area contributed by atoms with Crippen LogP contribution in [0.1, 0.15) is 27.2 Å². The number of likely N-dealkylation sites (tertiary alicyclic amines) is 2. The van der Waals surface area contributed by atoms with Crippen LogP contribution in [0.3, 0.4) is 0 Å². The van der Waals surface area contributed by atoms with E-state index < -0.39 is 11.8 Å². The van der Waals surface area contributed by atoms with Crippen LogP contribution in [0, 0.1) is 5.92 Å². The van der Waals surface area contributed by atoms with Crippen molar-refractivity contribution in [3.63, 3.8) is 0 Å². The monoisotopic (exact) mass is 258 g/mol. The molecule has 0 radical (unpaired) electrons. The smallest absolute Gasteiger partial charge is 0.410 e. The molecule has 2 aliphatic heterocycles. The van der Waals surface area contributed by atoms with Crippen molar-refractivity contribution in [3.8, 4) is 0 Å². The molecule has 4 nitrogen and oxygen atoms in total. The summed E-state index contributed by atoms with van der Waals surface area (Å²) in [5, 5.41) is 0. The van der Waals surface area contributed by atoms with E-state index in [1.165, 1.54) is 0 Å². The summed E-state index contributed by atoms with van der Waals surface area (Å²) in [6.45, 7) is 9.40. The zero-order valence-corrected chi connectivity index (χ0v) is 11.5. The molecule has 2 rings (SSSR count). The Bertz CT molecular complexity index is 311. The molecule has 2 aliphatic rings. The van der Waals surface area contributed by atoms with E-state index in [1.54, 1.807) is 4.90 Å². The largest absolute Gasteiger partial charge is 0.444 e. The van der Waals surface area contributed by atoms with Crippen molar-refractivity contribution < 1.29 is 13.9 Å². The fraction of sp³-hybridized carbons (Fsp3) is 0.923. The Morgan fingerprint density at radius 3 is 2.50 bits per heavy atom. The molecule has 5 heteroatoms. The normalized spacial score (nSPS) is 26.2. The van der Waals surface area contributed by atoms with Crippen LogP contribution < -0.4 is 0 Å². The summed E-state index contributed by atoms with van der Waals surface area (Å²) in [7, 11) is 0. The molecular formula is C13H23FN2O2. The molecule has 0 aromatic carbocycles. The number of hydrogen-bond donors (Lipinski definition) is 0. The lowest BCUT2D eigenvalue weighted by atomic mass is 10.0.